The van der Waals surface area contributed by atoms with Crippen LogP contribution in [0.25, 0.3) is 10.6 Å². The molecule has 1 aliphatic heterocycles. The number of sulfonamides is 1. The van der Waals surface area contributed by atoms with Gasteiger partial charge in [-0.15, -0.1) is 10.2 Å². The fourth-order valence-electron chi connectivity index (χ4n) is 3.72. The summed E-state index contributed by atoms with van der Waals surface area (Å²) in [5, 5.41) is 11.9. The van der Waals surface area contributed by atoms with Crippen LogP contribution in [0, 0.1) is 13.8 Å². The summed E-state index contributed by atoms with van der Waals surface area (Å²) in [6, 6.07) is 21.4. The SMILES string of the molecule is Cc1ccc(S(=O)(=O)N2CC(C(=O)Nc3nnc(-c4ccccc4)s3)Oc3ccc(C)cc32)cc1. The summed E-state index contributed by atoms with van der Waals surface area (Å²) in [6.45, 7) is 3.58. The smallest absolute Gasteiger partial charge is 0.269 e. The number of aryl methyl sites for hydroxylation is 2. The Labute approximate surface area is 207 Å². The number of rotatable bonds is 5. The predicted octanol–water partition coefficient (Wildman–Crippen LogP) is 4.42. The molecule has 0 saturated heterocycles. The van der Waals surface area contributed by atoms with Crippen molar-refractivity contribution in [3.63, 3.8) is 0 Å². The number of ether oxygens (including phenoxy) is 1. The van der Waals surface area contributed by atoms with Gasteiger partial charge in [0.2, 0.25) is 5.13 Å². The Morgan fingerprint density at radius 2 is 1.71 bits per heavy atom. The molecule has 4 aromatic rings. The number of fused-ring (bicyclic) bond motifs is 1. The Morgan fingerprint density at radius 1 is 1.00 bits per heavy atom. The molecule has 2 heterocycles. The van der Waals surface area contributed by atoms with Gasteiger partial charge in [0, 0.05) is 5.56 Å². The van der Waals surface area contributed by atoms with E-state index in [0.717, 1.165) is 16.7 Å². The molecule has 0 aliphatic carbocycles. The highest BCUT2D eigenvalue weighted by molar-refractivity contribution is 7.92. The van der Waals surface area contributed by atoms with Crippen molar-refractivity contribution in [2.75, 3.05) is 16.2 Å². The van der Waals surface area contributed by atoms with E-state index in [1.54, 1.807) is 36.4 Å². The number of benzene rings is 3. The fraction of sp³-hybridized carbons (Fsp3) is 0.160. The van der Waals surface area contributed by atoms with E-state index < -0.39 is 22.0 Å². The monoisotopic (exact) mass is 506 g/mol. The average molecular weight is 507 g/mol. The zero-order valence-corrected chi connectivity index (χ0v) is 20.6. The third kappa shape index (κ3) is 4.62. The first-order chi connectivity index (χ1) is 16.8. The Kier molecular flexibility index (Phi) is 6.00. The van der Waals surface area contributed by atoms with Crippen LogP contribution < -0.4 is 14.4 Å². The summed E-state index contributed by atoms with van der Waals surface area (Å²) in [7, 11) is -3.93. The average Bonchev–Trinajstić information content (AvgIpc) is 3.32. The van der Waals surface area contributed by atoms with Gasteiger partial charge in [-0.25, -0.2) is 8.42 Å². The lowest BCUT2D eigenvalue weighted by molar-refractivity contribution is -0.122. The molecule has 1 atom stereocenters. The maximum absolute atomic E-state index is 13.6. The summed E-state index contributed by atoms with van der Waals surface area (Å²) in [4.78, 5) is 13.3. The third-order valence-corrected chi connectivity index (χ3v) is 8.24. The van der Waals surface area contributed by atoms with Gasteiger partial charge in [-0.3, -0.25) is 14.4 Å². The minimum Gasteiger partial charge on any atom is -0.476 e. The summed E-state index contributed by atoms with van der Waals surface area (Å²) >= 11 is 1.23. The molecule has 1 N–H and O–H groups in total. The van der Waals surface area contributed by atoms with Crippen molar-refractivity contribution in [2.24, 2.45) is 0 Å². The summed E-state index contributed by atoms with van der Waals surface area (Å²) in [6.07, 6.45) is -1.07. The lowest BCUT2D eigenvalue weighted by Crippen LogP contribution is -2.48. The van der Waals surface area contributed by atoms with Gasteiger partial charge < -0.3 is 4.74 Å². The first kappa shape index (κ1) is 23.0. The van der Waals surface area contributed by atoms with Crippen LogP contribution in [-0.4, -0.2) is 37.2 Å². The number of anilines is 2. The van der Waals surface area contributed by atoms with Crippen molar-refractivity contribution in [1.82, 2.24) is 10.2 Å². The number of carbonyl (C=O) groups is 1. The topological polar surface area (TPSA) is 101 Å². The van der Waals surface area contributed by atoms with Gasteiger partial charge in [-0.1, -0.05) is 65.4 Å². The second kappa shape index (κ2) is 9.12. The Morgan fingerprint density at radius 3 is 2.46 bits per heavy atom. The van der Waals surface area contributed by atoms with Gasteiger partial charge in [0.15, 0.2) is 6.10 Å². The number of carbonyl (C=O) groups excluding carboxylic acids is 1. The van der Waals surface area contributed by atoms with Crippen LogP contribution >= 0.6 is 11.3 Å². The Balaban J connectivity index is 1.43. The maximum atomic E-state index is 13.6. The van der Waals surface area contributed by atoms with E-state index >= 15 is 0 Å². The molecule has 0 saturated carbocycles. The number of hydrogen-bond acceptors (Lipinski definition) is 7. The highest BCUT2D eigenvalue weighted by Crippen LogP contribution is 2.38. The second-order valence-corrected chi connectivity index (χ2v) is 11.0. The highest BCUT2D eigenvalue weighted by atomic mass is 32.2. The minimum absolute atomic E-state index is 0.147. The number of amides is 1. The molecule has 8 nitrogen and oxygen atoms in total. The van der Waals surface area contributed by atoms with E-state index in [1.807, 2.05) is 50.2 Å². The first-order valence-corrected chi connectivity index (χ1v) is 13.1. The van der Waals surface area contributed by atoms with Crippen molar-refractivity contribution in [3.8, 4) is 16.3 Å². The predicted molar refractivity (Wildman–Crippen MR) is 135 cm³/mol. The van der Waals surface area contributed by atoms with Gasteiger partial charge in [-0.2, -0.15) is 0 Å². The lowest BCUT2D eigenvalue weighted by Gasteiger charge is -2.34. The maximum Gasteiger partial charge on any atom is 0.269 e. The summed E-state index contributed by atoms with van der Waals surface area (Å²) in [5.74, 6) is -0.184. The van der Waals surface area contributed by atoms with E-state index in [9.17, 15) is 13.2 Å². The molecular formula is C25H22N4O4S2. The number of nitrogens with zero attached hydrogens (tertiary/aromatic N) is 3. The number of hydrogen-bond donors (Lipinski definition) is 1. The van der Waals surface area contributed by atoms with Gasteiger partial charge in [0.1, 0.15) is 10.8 Å². The fourth-order valence-corrected chi connectivity index (χ4v) is 5.94. The highest BCUT2D eigenvalue weighted by Gasteiger charge is 2.38. The van der Waals surface area contributed by atoms with E-state index in [0.29, 0.717) is 21.6 Å². The second-order valence-electron chi connectivity index (χ2n) is 8.19. The van der Waals surface area contributed by atoms with E-state index in [-0.39, 0.29) is 11.4 Å². The van der Waals surface area contributed by atoms with Crippen LogP contribution in [0.15, 0.2) is 77.7 Å². The van der Waals surface area contributed by atoms with Crippen molar-refractivity contribution >= 4 is 38.1 Å². The normalized spacial score (nSPS) is 15.3. The van der Waals surface area contributed by atoms with E-state index in [1.165, 1.54) is 15.6 Å². The minimum atomic E-state index is -3.93. The lowest BCUT2D eigenvalue weighted by atomic mass is 10.1. The third-order valence-electron chi connectivity index (χ3n) is 5.56. The van der Waals surface area contributed by atoms with Crippen LogP contribution in [-0.2, 0) is 14.8 Å². The molecule has 0 radical (unpaired) electrons. The summed E-state index contributed by atoms with van der Waals surface area (Å²) < 4.78 is 34.3. The van der Waals surface area contributed by atoms with Gasteiger partial charge in [0.25, 0.3) is 15.9 Å². The number of nitrogens with one attached hydrogen (secondary N) is 1. The van der Waals surface area contributed by atoms with Gasteiger partial charge in [-0.05, 0) is 43.7 Å². The van der Waals surface area contributed by atoms with Crippen LogP contribution in [0.3, 0.4) is 0 Å². The van der Waals surface area contributed by atoms with Gasteiger partial charge in [0.05, 0.1) is 17.1 Å². The largest absolute Gasteiger partial charge is 0.476 e. The zero-order valence-electron chi connectivity index (χ0n) is 19.0. The quantitative estimate of drug-likeness (QED) is 0.430. The molecule has 5 rings (SSSR count). The van der Waals surface area contributed by atoms with Gasteiger partial charge >= 0.3 is 0 Å². The standard InChI is InChI=1S/C25H22N4O4S2/c1-16-8-11-19(12-9-16)35(31,32)29-15-22(33-21-13-10-17(2)14-20(21)29)23(30)26-25-28-27-24(34-25)18-6-4-3-5-7-18/h3-14,22H,15H2,1-2H3,(H,26,28,30). The molecule has 1 amide bonds. The van der Waals surface area contributed by atoms with Crippen LogP contribution in [0.1, 0.15) is 11.1 Å². The molecule has 35 heavy (non-hydrogen) atoms. The van der Waals surface area contributed by atoms with Crippen molar-refractivity contribution in [3.05, 3.63) is 83.9 Å². The molecule has 0 spiro atoms. The van der Waals surface area contributed by atoms with Crippen LogP contribution in [0.4, 0.5) is 10.8 Å². The van der Waals surface area contributed by atoms with Crippen LogP contribution in [0.5, 0.6) is 5.75 Å². The summed E-state index contributed by atoms with van der Waals surface area (Å²) in [5.41, 5.74) is 3.11. The Hall–Kier alpha value is -3.76. The van der Waals surface area contributed by atoms with E-state index in [4.69, 9.17) is 4.74 Å². The molecule has 0 fully saturated rings. The van der Waals surface area contributed by atoms with Crippen molar-refractivity contribution in [2.45, 2.75) is 24.8 Å². The number of aromatic nitrogens is 2. The van der Waals surface area contributed by atoms with Crippen molar-refractivity contribution < 1.29 is 17.9 Å². The van der Waals surface area contributed by atoms with Crippen LogP contribution in [0.2, 0.25) is 0 Å². The molecule has 1 unspecified atom stereocenters. The van der Waals surface area contributed by atoms with Crippen molar-refractivity contribution in [1.29, 1.82) is 0 Å². The molecule has 1 aromatic heterocycles. The molecule has 0 bridgehead atoms. The van der Waals surface area contributed by atoms with E-state index in [2.05, 4.69) is 15.5 Å². The zero-order chi connectivity index (χ0) is 24.6. The first-order valence-electron chi connectivity index (χ1n) is 10.9. The molecule has 1 aliphatic rings. The molecule has 3 aromatic carbocycles. The molecule has 10 heteroatoms. The molecule has 178 valence electrons. The Bertz CT molecular complexity index is 1490. The molecular weight excluding hydrogens is 484 g/mol.